The van der Waals surface area contributed by atoms with Crippen molar-refractivity contribution in [3.05, 3.63) is 34.6 Å². The maximum absolute atomic E-state index is 12.9. The Bertz CT molecular complexity index is 346. The van der Waals surface area contributed by atoms with Crippen LogP contribution in [0.2, 0.25) is 5.02 Å². The van der Waals surface area contributed by atoms with Crippen LogP contribution in [0.5, 0.6) is 0 Å². The molecule has 1 aromatic rings. The van der Waals surface area contributed by atoms with E-state index < -0.39 is 0 Å². The van der Waals surface area contributed by atoms with Crippen LogP contribution in [0, 0.1) is 17.7 Å². The van der Waals surface area contributed by atoms with E-state index in [2.05, 4.69) is 13.8 Å². The third-order valence-electron chi connectivity index (χ3n) is 3.07. The SMILES string of the molecule is CC(C)[C@H]1C[C@@H]1c1ccc(F)c(Cl)c1. The van der Waals surface area contributed by atoms with Crippen molar-refractivity contribution in [2.45, 2.75) is 26.2 Å². The molecular weight excluding hydrogens is 199 g/mol. The van der Waals surface area contributed by atoms with E-state index in [1.54, 1.807) is 6.07 Å². The summed E-state index contributed by atoms with van der Waals surface area (Å²) in [4.78, 5) is 0. The largest absolute Gasteiger partial charge is 0.205 e. The predicted octanol–water partition coefficient (Wildman–Crippen LogP) is 4.24. The summed E-state index contributed by atoms with van der Waals surface area (Å²) in [5.74, 6) is 1.76. The maximum atomic E-state index is 12.9. The maximum Gasteiger partial charge on any atom is 0.141 e. The topological polar surface area (TPSA) is 0 Å². The Kier molecular flexibility index (Phi) is 2.52. The van der Waals surface area contributed by atoms with Gasteiger partial charge in [0.25, 0.3) is 0 Å². The van der Waals surface area contributed by atoms with Gasteiger partial charge in [0.15, 0.2) is 0 Å². The van der Waals surface area contributed by atoms with Crippen molar-refractivity contribution in [3.63, 3.8) is 0 Å². The lowest BCUT2D eigenvalue weighted by atomic mass is 10.0. The summed E-state index contributed by atoms with van der Waals surface area (Å²) in [6.45, 7) is 4.46. The zero-order valence-corrected chi connectivity index (χ0v) is 9.18. The van der Waals surface area contributed by atoms with E-state index in [9.17, 15) is 4.39 Å². The van der Waals surface area contributed by atoms with E-state index >= 15 is 0 Å². The first-order valence-corrected chi connectivity index (χ1v) is 5.42. The van der Waals surface area contributed by atoms with Crippen LogP contribution in [0.4, 0.5) is 4.39 Å². The fraction of sp³-hybridized carbons (Fsp3) is 0.500. The highest BCUT2D eigenvalue weighted by Crippen LogP contribution is 2.51. The number of rotatable bonds is 2. The van der Waals surface area contributed by atoms with Crippen LogP contribution in [-0.2, 0) is 0 Å². The standard InChI is InChI=1S/C12H14ClF/c1-7(2)9-6-10(9)8-3-4-12(14)11(13)5-8/h3-5,7,9-10H,6H2,1-2H3/t9-,10-/m1/s1. The van der Waals surface area contributed by atoms with Crippen LogP contribution >= 0.6 is 11.6 Å². The molecule has 2 heteroatoms. The molecule has 76 valence electrons. The van der Waals surface area contributed by atoms with Gasteiger partial charge in [0.1, 0.15) is 5.82 Å². The van der Waals surface area contributed by atoms with Gasteiger partial charge in [-0.1, -0.05) is 31.5 Å². The van der Waals surface area contributed by atoms with E-state index in [1.807, 2.05) is 6.07 Å². The molecule has 2 atom stereocenters. The summed E-state index contributed by atoms with van der Waals surface area (Å²) in [6.07, 6.45) is 1.22. The van der Waals surface area contributed by atoms with Crippen molar-refractivity contribution >= 4 is 11.6 Å². The molecule has 14 heavy (non-hydrogen) atoms. The van der Waals surface area contributed by atoms with Crippen LogP contribution in [0.1, 0.15) is 31.7 Å². The number of hydrogen-bond acceptors (Lipinski definition) is 0. The molecule has 0 nitrogen and oxygen atoms in total. The average molecular weight is 213 g/mol. The average Bonchev–Trinajstić information content (AvgIpc) is 2.89. The molecule has 1 aliphatic carbocycles. The molecule has 1 aromatic carbocycles. The second kappa shape index (κ2) is 3.54. The van der Waals surface area contributed by atoms with Crippen molar-refractivity contribution in [2.75, 3.05) is 0 Å². The first kappa shape index (κ1) is 9.97. The summed E-state index contributed by atoms with van der Waals surface area (Å²) in [7, 11) is 0. The van der Waals surface area contributed by atoms with Crippen molar-refractivity contribution in [2.24, 2.45) is 11.8 Å². The number of halogens is 2. The molecule has 2 rings (SSSR count). The van der Waals surface area contributed by atoms with E-state index in [4.69, 9.17) is 11.6 Å². The lowest BCUT2D eigenvalue weighted by Crippen LogP contribution is -1.92. The molecule has 0 unspecified atom stereocenters. The molecule has 1 aliphatic rings. The minimum atomic E-state index is -0.322. The molecule has 0 bridgehead atoms. The van der Waals surface area contributed by atoms with Gasteiger partial charge >= 0.3 is 0 Å². The van der Waals surface area contributed by atoms with Gasteiger partial charge in [-0.25, -0.2) is 4.39 Å². The smallest absolute Gasteiger partial charge is 0.141 e. The Morgan fingerprint density at radius 1 is 1.43 bits per heavy atom. The van der Waals surface area contributed by atoms with Crippen LogP contribution in [0.15, 0.2) is 18.2 Å². The molecule has 0 amide bonds. The van der Waals surface area contributed by atoms with E-state index in [-0.39, 0.29) is 10.8 Å². The van der Waals surface area contributed by atoms with Crippen molar-refractivity contribution in [1.82, 2.24) is 0 Å². The molecule has 1 saturated carbocycles. The molecule has 0 aromatic heterocycles. The molecule has 0 spiro atoms. The quantitative estimate of drug-likeness (QED) is 0.688. The zero-order valence-electron chi connectivity index (χ0n) is 8.43. The molecule has 0 aliphatic heterocycles. The van der Waals surface area contributed by atoms with Gasteiger partial charge in [-0.2, -0.15) is 0 Å². The predicted molar refractivity (Wildman–Crippen MR) is 57.1 cm³/mol. The lowest BCUT2D eigenvalue weighted by Gasteiger charge is -2.04. The van der Waals surface area contributed by atoms with Gasteiger partial charge in [-0.05, 0) is 41.9 Å². The lowest BCUT2D eigenvalue weighted by molar-refractivity contribution is 0.548. The Labute approximate surface area is 89.1 Å². The second-order valence-electron chi connectivity index (χ2n) is 4.42. The third-order valence-corrected chi connectivity index (χ3v) is 3.36. The van der Waals surface area contributed by atoms with Gasteiger partial charge in [-0.3, -0.25) is 0 Å². The van der Waals surface area contributed by atoms with Crippen molar-refractivity contribution in [3.8, 4) is 0 Å². The fourth-order valence-corrected chi connectivity index (χ4v) is 2.27. The highest BCUT2D eigenvalue weighted by Gasteiger charge is 2.40. The van der Waals surface area contributed by atoms with E-state index in [0.717, 1.165) is 5.92 Å². The number of hydrogen-bond donors (Lipinski definition) is 0. The minimum absolute atomic E-state index is 0.247. The molecule has 0 heterocycles. The van der Waals surface area contributed by atoms with Crippen molar-refractivity contribution in [1.29, 1.82) is 0 Å². The first-order valence-electron chi connectivity index (χ1n) is 5.04. The van der Waals surface area contributed by atoms with Crippen LogP contribution in [0.3, 0.4) is 0 Å². The summed E-state index contributed by atoms with van der Waals surface area (Å²) < 4.78 is 12.9. The number of benzene rings is 1. The Morgan fingerprint density at radius 3 is 2.64 bits per heavy atom. The van der Waals surface area contributed by atoms with Crippen molar-refractivity contribution < 1.29 is 4.39 Å². The summed E-state index contributed by atoms with van der Waals surface area (Å²) in [6, 6.07) is 5.09. The first-order chi connectivity index (χ1) is 6.59. The van der Waals surface area contributed by atoms with Gasteiger partial charge in [0, 0.05) is 0 Å². The fourth-order valence-electron chi connectivity index (χ4n) is 2.08. The monoisotopic (exact) mass is 212 g/mol. The summed E-state index contributed by atoms with van der Waals surface area (Å²) in [5.41, 5.74) is 1.19. The summed E-state index contributed by atoms with van der Waals surface area (Å²) in [5, 5.41) is 0.247. The Morgan fingerprint density at radius 2 is 2.14 bits per heavy atom. The molecular formula is C12H14ClF. The molecule has 0 saturated heterocycles. The van der Waals surface area contributed by atoms with Gasteiger partial charge in [-0.15, -0.1) is 0 Å². The molecule has 0 N–H and O–H groups in total. The Hall–Kier alpha value is -0.560. The summed E-state index contributed by atoms with van der Waals surface area (Å²) >= 11 is 5.74. The highest BCUT2D eigenvalue weighted by molar-refractivity contribution is 6.30. The third kappa shape index (κ3) is 1.78. The van der Waals surface area contributed by atoms with Gasteiger partial charge in [0.2, 0.25) is 0 Å². The van der Waals surface area contributed by atoms with E-state index in [0.29, 0.717) is 11.8 Å². The van der Waals surface area contributed by atoms with Crippen LogP contribution < -0.4 is 0 Å². The Balaban J connectivity index is 2.16. The minimum Gasteiger partial charge on any atom is -0.205 e. The molecule has 0 radical (unpaired) electrons. The van der Waals surface area contributed by atoms with Crippen LogP contribution in [-0.4, -0.2) is 0 Å². The van der Waals surface area contributed by atoms with E-state index in [1.165, 1.54) is 18.1 Å². The zero-order chi connectivity index (χ0) is 10.3. The normalized spacial score (nSPS) is 25.5. The van der Waals surface area contributed by atoms with Gasteiger partial charge < -0.3 is 0 Å². The van der Waals surface area contributed by atoms with Gasteiger partial charge in [0.05, 0.1) is 5.02 Å². The second-order valence-corrected chi connectivity index (χ2v) is 4.83. The van der Waals surface area contributed by atoms with Crippen LogP contribution in [0.25, 0.3) is 0 Å². The molecule has 1 fully saturated rings. The highest BCUT2D eigenvalue weighted by atomic mass is 35.5.